The third-order valence-corrected chi connectivity index (χ3v) is 4.31. The molecule has 8 heteroatoms. The van der Waals surface area contributed by atoms with Gasteiger partial charge in [-0.15, -0.1) is 0 Å². The second-order valence-electron chi connectivity index (χ2n) is 7.21. The molecule has 0 amide bonds. The van der Waals surface area contributed by atoms with E-state index in [1.165, 1.54) is 13.2 Å². The average Bonchev–Trinajstić information content (AvgIpc) is 2.77. The van der Waals surface area contributed by atoms with Crippen LogP contribution in [0.1, 0.15) is 25.8 Å². The number of methoxy groups -OCH3 is 2. The van der Waals surface area contributed by atoms with Crippen molar-refractivity contribution in [2.45, 2.75) is 25.9 Å². The molecule has 2 aromatic carbocycles. The first-order valence-electron chi connectivity index (χ1n) is 9.97. The standard InChI is InChI=1S/C24H28O8/c1-24(2,32-19-10-8-18(28-3)9-11-19)23(27)31-15-5-14-30-20-12-6-17(7-13-22(25)26)16-21(20)29-4/h6-13,16H,5,14-15H2,1-4H3,(H,25,26)/b13-7+. The van der Waals surface area contributed by atoms with Gasteiger partial charge in [0.15, 0.2) is 17.1 Å². The number of esters is 1. The number of carbonyl (C=O) groups is 2. The Morgan fingerprint density at radius 2 is 1.62 bits per heavy atom. The number of rotatable bonds is 12. The fraction of sp³-hybridized carbons (Fsp3) is 0.333. The Bertz CT molecular complexity index is 932. The third-order valence-electron chi connectivity index (χ3n) is 4.31. The summed E-state index contributed by atoms with van der Waals surface area (Å²) in [5.74, 6) is 0.695. The van der Waals surface area contributed by atoms with Gasteiger partial charge in [-0.2, -0.15) is 0 Å². The summed E-state index contributed by atoms with van der Waals surface area (Å²) < 4.78 is 27.2. The molecule has 0 radical (unpaired) electrons. The Balaban J connectivity index is 1.79. The minimum Gasteiger partial charge on any atom is -0.497 e. The predicted molar refractivity (Wildman–Crippen MR) is 118 cm³/mol. The largest absolute Gasteiger partial charge is 0.497 e. The maximum atomic E-state index is 12.4. The maximum absolute atomic E-state index is 12.4. The van der Waals surface area contributed by atoms with Crippen molar-refractivity contribution < 1.29 is 38.4 Å². The maximum Gasteiger partial charge on any atom is 0.349 e. The lowest BCUT2D eigenvalue weighted by Crippen LogP contribution is -2.40. The Kier molecular flexibility index (Phi) is 8.95. The van der Waals surface area contributed by atoms with Gasteiger partial charge in [-0.3, -0.25) is 0 Å². The van der Waals surface area contributed by atoms with Crippen molar-refractivity contribution >= 4 is 18.0 Å². The second kappa shape index (κ2) is 11.6. The van der Waals surface area contributed by atoms with Crippen molar-refractivity contribution in [3.63, 3.8) is 0 Å². The molecule has 0 saturated carbocycles. The Hall–Kier alpha value is -3.68. The number of carbonyl (C=O) groups excluding carboxylic acids is 1. The molecule has 32 heavy (non-hydrogen) atoms. The lowest BCUT2D eigenvalue weighted by Gasteiger charge is -2.24. The molecule has 0 atom stereocenters. The summed E-state index contributed by atoms with van der Waals surface area (Å²) >= 11 is 0. The first-order chi connectivity index (χ1) is 15.2. The Morgan fingerprint density at radius 3 is 2.25 bits per heavy atom. The van der Waals surface area contributed by atoms with Crippen molar-refractivity contribution in [1.29, 1.82) is 0 Å². The highest BCUT2D eigenvalue weighted by molar-refractivity contribution is 5.85. The van der Waals surface area contributed by atoms with Gasteiger partial charge in [-0.05, 0) is 61.9 Å². The van der Waals surface area contributed by atoms with Crippen LogP contribution < -0.4 is 18.9 Å². The summed E-state index contributed by atoms with van der Waals surface area (Å²) in [7, 11) is 3.07. The van der Waals surface area contributed by atoms with Crippen LogP contribution in [0.4, 0.5) is 0 Å². The highest BCUT2D eigenvalue weighted by Gasteiger charge is 2.31. The molecule has 0 fully saturated rings. The first kappa shape index (κ1) is 24.6. The SMILES string of the molecule is COc1ccc(OC(C)(C)C(=O)OCCCOc2ccc(/C=C/C(=O)O)cc2OC)cc1. The van der Waals surface area contributed by atoms with E-state index in [-0.39, 0.29) is 6.61 Å². The average molecular weight is 444 g/mol. The van der Waals surface area contributed by atoms with E-state index < -0.39 is 17.5 Å². The van der Waals surface area contributed by atoms with Crippen LogP contribution in [-0.2, 0) is 14.3 Å². The zero-order chi connectivity index (χ0) is 23.6. The van der Waals surface area contributed by atoms with Crippen molar-refractivity contribution in [2.24, 2.45) is 0 Å². The van der Waals surface area contributed by atoms with Gasteiger partial charge < -0.3 is 28.8 Å². The summed E-state index contributed by atoms with van der Waals surface area (Å²) in [5.41, 5.74) is -0.484. The van der Waals surface area contributed by atoms with Crippen LogP contribution in [0.25, 0.3) is 6.08 Å². The molecule has 172 valence electrons. The summed E-state index contributed by atoms with van der Waals surface area (Å²) in [6, 6.07) is 12.0. The molecule has 0 aliphatic rings. The third kappa shape index (κ3) is 7.54. The number of carboxylic acids is 1. The molecule has 0 unspecified atom stereocenters. The molecule has 0 heterocycles. The smallest absolute Gasteiger partial charge is 0.349 e. The van der Waals surface area contributed by atoms with E-state index in [9.17, 15) is 9.59 Å². The van der Waals surface area contributed by atoms with E-state index >= 15 is 0 Å². The van der Waals surface area contributed by atoms with Crippen molar-refractivity contribution in [2.75, 3.05) is 27.4 Å². The number of benzene rings is 2. The van der Waals surface area contributed by atoms with Gasteiger partial charge in [0.1, 0.15) is 11.5 Å². The Labute approximate surface area is 187 Å². The van der Waals surface area contributed by atoms with Crippen LogP contribution in [0.15, 0.2) is 48.5 Å². The molecular weight excluding hydrogens is 416 g/mol. The van der Waals surface area contributed by atoms with E-state index in [1.54, 1.807) is 63.4 Å². The van der Waals surface area contributed by atoms with Crippen LogP contribution in [-0.4, -0.2) is 50.1 Å². The number of hydrogen-bond donors (Lipinski definition) is 1. The molecular formula is C24H28O8. The van der Waals surface area contributed by atoms with E-state index in [4.69, 9.17) is 28.8 Å². The van der Waals surface area contributed by atoms with Crippen molar-refractivity contribution in [3.8, 4) is 23.0 Å². The predicted octanol–water partition coefficient (Wildman–Crippen LogP) is 3.97. The highest BCUT2D eigenvalue weighted by Crippen LogP contribution is 2.29. The molecule has 0 aliphatic carbocycles. The quantitative estimate of drug-likeness (QED) is 0.298. The van der Waals surface area contributed by atoms with Gasteiger partial charge in [-0.1, -0.05) is 6.07 Å². The molecule has 0 spiro atoms. The molecule has 8 nitrogen and oxygen atoms in total. The van der Waals surface area contributed by atoms with Gasteiger partial charge >= 0.3 is 11.9 Å². The summed E-state index contributed by atoms with van der Waals surface area (Å²) in [4.78, 5) is 23.0. The number of carboxylic acid groups (broad SMARTS) is 1. The minimum absolute atomic E-state index is 0.163. The minimum atomic E-state index is -1.15. The van der Waals surface area contributed by atoms with Crippen LogP contribution >= 0.6 is 0 Å². The molecule has 2 rings (SSSR count). The summed E-state index contributed by atoms with van der Waals surface area (Å²) in [6.45, 7) is 3.74. The summed E-state index contributed by atoms with van der Waals surface area (Å²) in [6.07, 6.45) is 2.97. The zero-order valence-corrected chi connectivity index (χ0v) is 18.6. The normalized spacial score (nSPS) is 11.1. The fourth-order valence-corrected chi connectivity index (χ4v) is 2.63. The van der Waals surface area contributed by atoms with Gasteiger partial charge in [-0.25, -0.2) is 9.59 Å². The van der Waals surface area contributed by atoms with E-state index in [0.717, 1.165) is 6.08 Å². The van der Waals surface area contributed by atoms with Crippen LogP contribution in [0, 0.1) is 0 Å². The lowest BCUT2D eigenvalue weighted by atomic mass is 10.1. The first-order valence-corrected chi connectivity index (χ1v) is 9.97. The van der Waals surface area contributed by atoms with Gasteiger partial charge in [0.25, 0.3) is 0 Å². The molecule has 1 N–H and O–H groups in total. The Morgan fingerprint density at radius 1 is 0.938 bits per heavy atom. The van der Waals surface area contributed by atoms with Crippen LogP contribution in [0.2, 0.25) is 0 Å². The van der Waals surface area contributed by atoms with E-state index in [0.29, 0.717) is 41.6 Å². The fourth-order valence-electron chi connectivity index (χ4n) is 2.63. The number of ether oxygens (including phenoxy) is 5. The second-order valence-corrected chi connectivity index (χ2v) is 7.21. The van der Waals surface area contributed by atoms with E-state index in [2.05, 4.69) is 0 Å². The van der Waals surface area contributed by atoms with Gasteiger partial charge in [0.2, 0.25) is 0 Å². The molecule has 2 aromatic rings. The van der Waals surface area contributed by atoms with Crippen molar-refractivity contribution in [3.05, 3.63) is 54.1 Å². The summed E-state index contributed by atoms with van der Waals surface area (Å²) in [5, 5.41) is 8.71. The lowest BCUT2D eigenvalue weighted by molar-refractivity contribution is -0.159. The van der Waals surface area contributed by atoms with E-state index in [1.807, 2.05) is 0 Å². The van der Waals surface area contributed by atoms with Crippen molar-refractivity contribution in [1.82, 2.24) is 0 Å². The van der Waals surface area contributed by atoms with Gasteiger partial charge in [0.05, 0.1) is 27.4 Å². The van der Waals surface area contributed by atoms with Crippen LogP contribution in [0.5, 0.6) is 23.0 Å². The number of hydrogen-bond acceptors (Lipinski definition) is 7. The number of aliphatic carboxylic acids is 1. The zero-order valence-electron chi connectivity index (χ0n) is 18.6. The monoisotopic (exact) mass is 444 g/mol. The highest BCUT2D eigenvalue weighted by atomic mass is 16.6. The molecule has 0 bridgehead atoms. The molecule has 0 aliphatic heterocycles. The van der Waals surface area contributed by atoms with Crippen LogP contribution in [0.3, 0.4) is 0 Å². The molecule has 0 saturated heterocycles. The van der Waals surface area contributed by atoms with Gasteiger partial charge in [0, 0.05) is 12.5 Å². The molecule has 0 aromatic heterocycles. The topological polar surface area (TPSA) is 101 Å².